The molecule has 1 heterocycles. The van der Waals surface area contributed by atoms with E-state index in [1.54, 1.807) is 0 Å². The van der Waals surface area contributed by atoms with E-state index in [-0.39, 0.29) is 18.9 Å². The van der Waals surface area contributed by atoms with Gasteiger partial charge in [-0.15, -0.1) is 10.2 Å². The van der Waals surface area contributed by atoms with Crippen molar-refractivity contribution in [2.45, 2.75) is 31.7 Å². The molecule has 0 unspecified atom stereocenters. The predicted octanol–water partition coefficient (Wildman–Crippen LogP) is 0.0952. The van der Waals surface area contributed by atoms with E-state index in [0.717, 1.165) is 18.4 Å². The standard InChI is InChI=1S/C16H17N5O4/c22-12(18-20-15(24)14(23)17-11-6-7-11)8-9-13-19-21-16(25-13)10-4-2-1-3-5-10/h1-5,11H,6-9H2,(H,17,23)(H,18,22)(H,20,24). The highest BCUT2D eigenvalue weighted by Crippen LogP contribution is 2.18. The van der Waals surface area contributed by atoms with Crippen molar-refractivity contribution in [3.05, 3.63) is 36.2 Å². The molecule has 0 spiro atoms. The number of nitrogens with one attached hydrogen (secondary N) is 3. The lowest BCUT2D eigenvalue weighted by molar-refractivity contribution is -0.141. The van der Waals surface area contributed by atoms with Gasteiger partial charge in [-0.2, -0.15) is 0 Å². The zero-order valence-corrected chi connectivity index (χ0v) is 13.3. The Morgan fingerprint density at radius 3 is 2.52 bits per heavy atom. The summed E-state index contributed by atoms with van der Waals surface area (Å²) in [5.74, 6) is -1.43. The molecule has 9 heteroatoms. The van der Waals surface area contributed by atoms with Gasteiger partial charge in [0, 0.05) is 24.4 Å². The number of benzene rings is 1. The van der Waals surface area contributed by atoms with Crippen molar-refractivity contribution in [1.29, 1.82) is 0 Å². The molecule has 1 aliphatic carbocycles. The number of hydrazine groups is 1. The first-order valence-corrected chi connectivity index (χ1v) is 7.89. The number of hydrogen-bond acceptors (Lipinski definition) is 6. The summed E-state index contributed by atoms with van der Waals surface area (Å²) in [4.78, 5) is 34.6. The summed E-state index contributed by atoms with van der Waals surface area (Å²) in [6, 6.07) is 9.34. The molecule has 3 N–H and O–H groups in total. The Morgan fingerprint density at radius 1 is 1.04 bits per heavy atom. The Bertz CT molecular complexity index is 770. The number of carbonyl (C=O) groups excluding carboxylic acids is 3. The third-order valence-corrected chi connectivity index (χ3v) is 3.49. The van der Waals surface area contributed by atoms with Gasteiger partial charge in [-0.1, -0.05) is 18.2 Å². The first-order chi connectivity index (χ1) is 12.1. The fraction of sp³-hybridized carbons (Fsp3) is 0.312. The summed E-state index contributed by atoms with van der Waals surface area (Å²) >= 11 is 0. The number of hydrogen-bond donors (Lipinski definition) is 3. The quantitative estimate of drug-likeness (QED) is 0.522. The average Bonchev–Trinajstić information content (AvgIpc) is 3.32. The molecule has 0 aliphatic heterocycles. The van der Waals surface area contributed by atoms with Crippen molar-refractivity contribution in [2.24, 2.45) is 0 Å². The van der Waals surface area contributed by atoms with Crippen LogP contribution in [-0.2, 0) is 20.8 Å². The topological polar surface area (TPSA) is 126 Å². The second kappa shape index (κ2) is 7.56. The molecule has 3 rings (SSSR count). The molecule has 25 heavy (non-hydrogen) atoms. The smallest absolute Gasteiger partial charge is 0.327 e. The van der Waals surface area contributed by atoms with Crippen LogP contribution >= 0.6 is 0 Å². The minimum Gasteiger partial charge on any atom is -0.421 e. The monoisotopic (exact) mass is 343 g/mol. The number of aromatic nitrogens is 2. The van der Waals surface area contributed by atoms with Gasteiger partial charge in [0.1, 0.15) is 0 Å². The molecule has 3 amide bonds. The first-order valence-electron chi connectivity index (χ1n) is 7.89. The lowest BCUT2D eigenvalue weighted by atomic mass is 10.2. The van der Waals surface area contributed by atoms with Gasteiger partial charge in [-0.25, -0.2) is 0 Å². The molecule has 1 fully saturated rings. The Hall–Kier alpha value is -3.23. The maximum absolute atomic E-state index is 11.7. The summed E-state index contributed by atoms with van der Waals surface area (Å²) in [5, 5.41) is 10.3. The van der Waals surface area contributed by atoms with E-state index in [1.807, 2.05) is 30.3 Å². The van der Waals surface area contributed by atoms with Gasteiger partial charge in [0.2, 0.25) is 17.7 Å². The molecule has 0 atom stereocenters. The maximum Gasteiger partial charge on any atom is 0.327 e. The number of amides is 3. The normalized spacial score (nSPS) is 13.1. The summed E-state index contributed by atoms with van der Waals surface area (Å²) in [6.07, 6.45) is 2.00. The SMILES string of the molecule is O=C(CCc1nnc(-c2ccccc2)o1)NNC(=O)C(=O)NC1CC1. The molecule has 130 valence electrons. The van der Waals surface area contributed by atoms with Gasteiger partial charge in [0.05, 0.1) is 0 Å². The van der Waals surface area contributed by atoms with Crippen LogP contribution in [0.3, 0.4) is 0 Å². The number of aryl methyl sites for hydroxylation is 1. The van der Waals surface area contributed by atoms with Crippen LogP contribution < -0.4 is 16.2 Å². The third-order valence-electron chi connectivity index (χ3n) is 3.49. The van der Waals surface area contributed by atoms with Gasteiger partial charge >= 0.3 is 11.8 Å². The van der Waals surface area contributed by atoms with Crippen LogP contribution in [0.4, 0.5) is 0 Å². The molecule has 0 bridgehead atoms. The number of carbonyl (C=O) groups is 3. The van der Waals surface area contributed by atoms with Gasteiger partial charge in [0.25, 0.3) is 0 Å². The van der Waals surface area contributed by atoms with Gasteiger partial charge in [0.15, 0.2) is 0 Å². The summed E-state index contributed by atoms with van der Waals surface area (Å²) in [5.41, 5.74) is 5.03. The Balaban J connectivity index is 1.41. The van der Waals surface area contributed by atoms with Gasteiger partial charge in [-0.05, 0) is 25.0 Å². The maximum atomic E-state index is 11.7. The van der Waals surface area contributed by atoms with Crippen molar-refractivity contribution in [3.63, 3.8) is 0 Å². The number of rotatable bonds is 5. The molecule has 1 aromatic heterocycles. The van der Waals surface area contributed by atoms with Gasteiger partial charge < -0.3 is 9.73 Å². The van der Waals surface area contributed by atoms with Crippen LogP contribution in [0.15, 0.2) is 34.7 Å². The Morgan fingerprint density at radius 2 is 1.80 bits per heavy atom. The van der Waals surface area contributed by atoms with E-state index in [9.17, 15) is 14.4 Å². The van der Waals surface area contributed by atoms with Crippen LogP contribution in [-0.4, -0.2) is 34.0 Å². The zero-order valence-electron chi connectivity index (χ0n) is 13.3. The first kappa shape index (κ1) is 16.6. The largest absolute Gasteiger partial charge is 0.421 e. The molecule has 1 aliphatic rings. The highest BCUT2D eigenvalue weighted by Gasteiger charge is 2.26. The molecule has 0 radical (unpaired) electrons. The van der Waals surface area contributed by atoms with Crippen LogP contribution in [0, 0.1) is 0 Å². The van der Waals surface area contributed by atoms with Crippen LogP contribution in [0.25, 0.3) is 11.5 Å². The van der Waals surface area contributed by atoms with E-state index in [2.05, 4.69) is 26.4 Å². The minimum atomic E-state index is -0.899. The molecular formula is C16H17N5O4. The van der Waals surface area contributed by atoms with Crippen LogP contribution in [0.5, 0.6) is 0 Å². The molecular weight excluding hydrogens is 326 g/mol. The summed E-state index contributed by atoms with van der Waals surface area (Å²) in [7, 11) is 0. The van der Waals surface area contributed by atoms with Crippen molar-refractivity contribution in [3.8, 4) is 11.5 Å². The van der Waals surface area contributed by atoms with Crippen molar-refractivity contribution in [2.75, 3.05) is 0 Å². The van der Waals surface area contributed by atoms with Crippen LogP contribution in [0.2, 0.25) is 0 Å². The lowest BCUT2D eigenvalue weighted by Crippen LogP contribution is -2.49. The molecule has 0 saturated heterocycles. The lowest BCUT2D eigenvalue weighted by Gasteiger charge is -2.06. The second-order valence-electron chi connectivity index (χ2n) is 5.62. The molecule has 9 nitrogen and oxygen atoms in total. The molecule has 2 aromatic rings. The fourth-order valence-electron chi connectivity index (χ4n) is 2.00. The van der Waals surface area contributed by atoms with Gasteiger partial charge in [-0.3, -0.25) is 25.2 Å². The third kappa shape index (κ3) is 4.87. The molecule has 1 aromatic carbocycles. The van der Waals surface area contributed by atoms with Crippen molar-refractivity contribution in [1.82, 2.24) is 26.4 Å². The highest BCUT2D eigenvalue weighted by molar-refractivity contribution is 6.35. The van der Waals surface area contributed by atoms with Crippen LogP contribution in [0.1, 0.15) is 25.2 Å². The highest BCUT2D eigenvalue weighted by atomic mass is 16.4. The van der Waals surface area contributed by atoms with E-state index < -0.39 is 17.7 Å². The van der Waals surface area contributed by atoms with E-state index in [4.69, 9.17) is 4.42 Å². The van der Waals surface area contributed by atoms with Crippen molar-refractivity contribution < 1.29 is 18.8 Å². The number of nitrogens with zero attached hydrogens (tertiary/aromatic N) is 2. The summed E-state index contributed by atoms with van der Waals surface area (Å²) in [6.45, 7) is 0. The predicted molar refractivity (Wildman–Crippen MR) is 85.5 cm³/mol. The fourth-order valence-corrected chi connectivity index (χ4v) is 2.00. The Kier molecular flexibility index (Phi) is 5.03. The summed E-state index contributed by atoms with van der Waals surface area (Å²) < 4.78 is 5.48. The zero-order chi connectivity index (χ0) is 17.6. The second-order valence-corrected chi connectivity index (χ2v) is 5.62. The Labute approximate surface area is 143 Å². The molecule has 1 saturated carbocycles. The average molecular weight is 343 g/mol. The van der Waals surface area contributed by atoms with E-state index in [1.165, 1.54) is 0 Å². The van der Waals surface area contributed by atoms with E-state index in [0.29, 0.717) is 11.8 Å². The van der Waals surface area contributed by atoms with E-state index >= 15 is 0 Å². The van der Waals surface area contributed by atoms with Crippen molar-refractivity contribution >= 4 is 17.7 Å². The minimum absolute atomic E-state index is 0.0287.